The molecule has 4 rings (SSSR count). The first-order valence-electron chi connectivity index (χ1n) is 9.39. The van der Waals surface area contributed by atoms with E-state index in [2.05, 4.69) is 20.0 Å². The van der Waals surface area contributed by atoms with Gasteiger partial charge in [-0.1, -0.05) is 30.3 Å². The van der Waals surface area contributed by atoms with Gasteiger partial charge in [0.1, 0.15) is 11.6 Å². The van der Waals surface area contributed by atoms with Crippen molar-refractivity contribution in [3.8, 4) is 17.1 Å². The van der Waals surface area contributed by atoms with Crippen molar-refractivity contribution in [3.63, 3.8) is 0 Å². The van der Waals surface area contributed by atoms with E-state index in [1.54, 1.807) is 18.2 Å². The van der Waals surface area contributed by atoms with Gasteiger partial charge in [-0.2, -0.15) is 0 Å². The van der Waals surface area contributed by atoms with Crippen LogP contribution < -0.4 is 14.8 Å². The van der Waals surface area contributed by atoms with Crippen LogP contribution in [0.2, 0.25) is 0 Å². The number of nitrogens with zero attached hydrogens (tertiary/aromatic N) is 1. The van der Waals surface area contributed by atoms with Crippen LogP contribution in [0.4, 0.5) is 11.4 Å². The minimum absolute atomic E-state index is 0.0650. The number of amides is 1. The Labute approximate surface area is 179 Å². The number of fused-ring (bicyclic) bond motifs is 1. The van der Waals surface area contributed by atoms with Gasteiger partial charge >= 0.3 is 0 Å². The molecule has 4 aromatic rings. The predicted molar refractivity (Wildman–Crippen MR) is 120 cm³/mol. The molecule has 0 aliphatic heterocycles. The second-order valence-corrected chi connectivity index (χ2v) is 8.51. The normalized spacial score (nSPS) is 11.3. The minimum atomic E-state index is -3.93. The molecule has 1 amide bonds. The number of imidazole rings is 1. The zero-order valence-corrected chi connectivity index (χ0v) is 17.7. The topological polar surface area (TPSA) is 113 Å². The smallest absolute Gasteiger partial charge is 0.262 e. The van der Waals surface area contributed by atoms with Crippen LogP contribution in [-0.2, 0) is 14.8 Å². The molecule has 0 saturated heterocycles. The fourth-order valence-electron chi connectivity index (χ4n) is 3.16. The van der Waals surface area contributed by atoms with Crippen molar-refractivity contribution in [1.82, 2.24) is 9.97 Å². The average Bonchev–Trinajstić information content (AvgIpc) is 3.17. The summed E-state index contributed by atoms with van der Waals surface area (Å²) in [5.41, 5.74) is 2.82. The van der Waals surface area contributed by atoms with Crippen LogP contribution in [0.5, 0.6) is 5.75 Å². The van der Waals surface area contributed by atoms with Crippen LogP contribution in [0.1, 0.15) is 6.92 Å². The molecule has 1 aromatic heterocycles. The number of carbonyl (C=O) groups is 1. The third kappa shape index (κ3) is 4.36. The highest BCUT2D eigenvalue weighted by Crippen LogP contribution is 2.31. The number of anilines is 2. The van der Waals surface area contributed by atoms with Gasteiger partial charge in [0.05, 0.1) is 28.7 Å². The van der Waals surface area contributed by atoms with Crippen LogP contribution in [-0.4, -0.2) is 31.4 Å². The summed E-state index contributed by atoms with van der Waals surface area (Å²) in [5.74, 6) is 0.715. The predicted octanol–water partition coefficient (Wildman–Crippen LogP) is 4.00. The summed E-state index contributed by atoms with van der Waals surface area (Å²) in [7, 11) is -2.49. The van der Waals surface area contributed by atoms with Gasteiger partial charge in [-0.25, -0.2) is 13.4 Å². The van der Waals surface area contributed by atoms with E-state index >= 15 is 0 Å². The Balaban J connectivity index is 1.68. The largest absolute Gasteiger partial charge is 0.495 e. The van der Waals surface area contributed by atoms with E-state index in [1.165, 1.54) is 32.2 Å². The molecule has 31 heavy (non-hydrogen) atoms. The van der Waals surface area contributed by atoms with Crippen molar-refractivity contribution < 1.29 is 17.9 Å². The summed E-state index contributed by atoms with van der Waals surface area (Å²) in [4.78, 5) is 19.1. The number of carbonyl (C=O) groups excluding carboxylic acids is 1. The Morgan fingerprint density at radius 3 is 2.52 bits per heavy atom. The Hall–Kier alpha value is -3.85. The number of aromatic amines is 1. The SMILES string of the molecule is COc1ccc(NC(C)=O)cc1NS(=O)(=O)c1ccc2nc(-c3ccccc3)[nH]c2c1. The molecule has 0 unspecified atom stereocenters. The summed E-state index contributed by atoms with van der Waals surface area (Å²) in [6.07, 6.45) is 0. The van der Waals surface area contributed by atoms with Crippen LogP contribution in [0.15, 0.2) is 71.6 Å². The Bertz CT molecular complexity index is 1370. The van der Waals surface area contributed by atoms with E-state index in [0.29, 0.717) is 28.3 Å². The van der Waals surface area contributed by atoms with Gasteiger partial charge in [0, 0.05) is 18.2 Å². The number of methoxy groups -OCH3 is 1. The van der Waals surface area contributed by atoms with Gasteiger partial charge in [-0.15, -0.1) is 0 Å². The van der Waals surface area contributed by atoms with E-state index in [4.69, 9.17) is 4.74 Å². The summed E-state index contributed by atoms with van der Waals surface area (Å²) in [5, 5.41) is 2.62. The van der Waals surface area contributed by atoms with E-state index in [1.807, 2.05) is 30.3 Å². The second kappa shape index (κ2) is 8.11. The molecular formula is C22H20N4O4S. The van der Waals surface area contributed by atoms with E-state index in [0.717, 1.165) is 5.56 Å². The van der Waals surface area contributed by atoms with Gasteiger partial charge in [0.2, 0.25) is 5.91 Å². The number of sulfonamides is 1. The van der Waals surface area contributed by atoms with Crippen molar-refractivity contribution in [2.24, 2.45) is 0 Å². The van der Waals surface area contributed by atoms with Crippen LogP contribution in [0.25, 0.3) is 22.4 Å². The van der Waals surface area contributed by atoms with Crippen LogP contribution in [0.3, 0.4) is 0 Å². The average molecular weight is 436 g/mol. The Morgan fingerprint density at radius 1 is 1.03 bits per heavy atom. The maximum atomic E-state index is 13.0. The number of nitrogens with one attached hydrogen (secondary N) is 3. The molecule has 3 aromatic carbocycles. The molecule has 8 nitrogen and oxygen atoms in total. The van der Waals surface area contributed by atoms with Crippen molar-refractivity contribution in [1.29, 1.82) is 0 Å². The van der Waals surface area contributed by atoms with Crippen molar-refractivity contribution in [2.75, 3.05) is 17.1 Å². The molecule has 1 heterocycles. The number of aromatic nitrogens is 2. The summed E-state index contributed by atoms with van der Waals surface area (Å²) >= 11 is 0. The molecule has 9 heteroatoms. The zero-order valence-electron chi connectivity index (χ0n) is 16.8. The van der Waals surface area contributed by atoms with Gasteiger partial charge in [-0.3, -0.25) is 9.52 Å². The quantitative estimate of drug-likeness (QED) is 0.423. The van der Waals surface area contributed by atoms with E-state index < -0.39 is 10.0 Å². The Kier molecular flexibility index (Phi) is 5.35. The molecule has 0 bridgehead atoms. The van der Waals surface area contributed by atoms with Crippen molar-refractivity contribution in [3.05, 3.63) is 66.7 Å². The van der Waals surface area contributed by atoms with Gasteiger partial charge < -0.3 is 15.0 Å². The number of rotatable bonds is 6. The summed E-state index contributed by atoms with van der Waals surface area (Å²) < 4.78 is 33.9. The highest BCUT2D eigenvalue weighted by molar-refractivity contribution is 7.92. The number of hydrogen-bond donors (Lipinski definition) is 3. The third-order valence-electron chi connectivity index (χ3n) is 4.58. The molecular weight excluding hydrogens is 416 g/mol. The summed E-state index contributed by atoms with van der Waals surface area (Å²) in [6, 6.07) is 18.9. The zero-order chi connectivity index (χ0) is 22.0. The molecule has 0 saturated carbocycles. The van der Waals surface area contributed by atoms with Crippen LogP contribution >= 0.6 is 0 Å². The van der Waals surface area contributed by atoms with Crippen LogP contribution in [0, 0.1) is 0 Å². The lowest BCUT2D eigenvalue weighted by Gasteiger charge is -2.13. The lowest BCUT2D eigenvalue weighted by molar-refractivity contribution is -0.114. The van der Waals surface area contributed by atoms with Gasteiger partial charge in [0.25, 0.3) is 10.0 Å². The number of benzene rings is 3. The van der Waals surface area contributed by atoms with Gasteiger partial charge in [0.15, 0.2) is 0 Å². The van der Waals surface area contributed by atoms with E-state index in [9.17, 15) is 13.2 Å². The molecule has 0 fully saturated rings. The standard InChI is InChI=1S/C22H20N4O4S/c1-14(27)23-16-8-11-21(30-2)20(12-16)26-31(28,29)17-9-10-18-19(13-17)25-22(24-18)15-6-4-3-5-7-15/h3-13,26H,1-2H3,(H,23,27)(H,24,25). The fraction of sp³-hybridized carbons (Fsp3) is 0.0909. The second-order valence-electron chi connectivity index (χ2n) is 6.83. The van der Waals surface area contributed by atoms with Crippen molar-refractivity contribution >= 4 is 38.3 Å². The molecule has 0 atom stereocenters. The molecule has 0 aliphatic rings. The molecule has 0 aliphatic carbocycles. The first kappa shape index (κ1) is 20.4. The maximum Gasteiger partial charge on any atom is 0.262 e. The lowest BCUT2D eigenvalue weighted by atomic mass is 10.2. The first-order valence-corrected chi connectivity index (χ1v) is 10.9. The lowest BCUT2D eigenvalue weighted by Crippen LogP contribution is -2.14. The molecule has 0 spiro atoms. The highest BCUT2D eigenvalue weighted by atomic mass is 32.2. The van der Waals surface area contributed by atoms with Crippen molar-refractivity contribution in [2.45, 2.75) is 11.8 Å². The number of hydrogen-bond acceptors (Lipinski definition) is 5. The third-order valence-corrected chi connectivity index (χ3v) is 5.94. The molecule has 158 valence electrons. The van der Waals surface area contributed by atoms with Gasteiger partial charge in [-0.05, 0) is 36.4 Å². The molecule has 0 radical (unpaired) electrons. The fourth-order valence-corrected chi connectivity index (χ4v) is 4.25. The van der Waals surface area contributed by atoms with E-state index in [-0.39, 0.29) is 16.5 Å². The Morgan fingerprint density at radius 2 is 1.81 bits per heavy atom. The highest BCUT2D eigenvalue weighted by Gasteiger charge is 2.19. The molecule has 3 N–H and O–H groups in total. The maximum absolute atomic E-state index is 13.0. The number of H-pyrrole nitrogens is 1. The first-order chi connectivity index (χ1) is 14.9. The summed E-state index contributed by atoms with van der Waals surface area (Å²) in [6.45, 7) is 1.37. The number of ether oxygens (including phenoxy) is 1. The minimum Gasteiger partial charge on any atom is -0.495 e. The monoisotopic (exact) mass is 436 g/mol.